The smallest absolute Gasteiger partial charge is 0.450 e. The van der Waals surface area contributed by atoms with E-state index in [1.165, 1.54) is 0 Å². The van der Waals surface area contributed by atoms with Crippen molar-refractivity contribution in [2.24, 2.45) is 0 Å². The topological polar surface area (TPSA) is 91.7 Å². The number of carbonyl (C=O) groups excluding carboxylic acids is 2. The summed E-state index contributed by atoms with van der Waals surface area (Å²) in [5.41, 5.74) is 0. The molecule has 0 fully saturated rings. The molecule has 0 aliphatic carbocycles. The summed E-state index contributed by atoms with van der Waals surface area (Å²) in [4.78, 5) is 24.8. The Labute approximate surface area is 60.5 Å². The molecule has 0 bridgehead atoms. The lowest BCUT2D eigenvalue weighted by atomic mass is 11.5. The second-order valence-electron chi connectivity index (χ2n) is 0.366. The summed E-state index contributed by atoms with van der Waals surface area (Å²) < 4.78 is 0. The molecular weight excluding hydrogens is 128 g/mol. The van der Waals surface area contributed by atoms with Gasteiger partial charge in [0, 0.05) is 0 Å². The van der Waals surface area contributed by atoms with Crippen LogP contribution in [0.15, 0.2) is 0 Å². The largest absolute Gasteiger partial charge is 0.503 e. The predicted octanol–water partition coefficient (Wildman–Crippen LogP) is -1.28. The first-order valence-electron chi connectivity index (χ1n) is 1.06. The average molecular weight is 132 g/mol. The van der Waals surface area contributed by atoms with Gasteiger partial charge in [-0.05, 0) is 0 Å². The normalized spacial score (nSPS) is 4.00. The minimum Gasteiger partial charge on any atom is -0.450 e. The molecule has 0 unspecified atom stereocenters. The van der Waals surface area contributed by atoms with Crippen molar-refractivity contribution in [1.82, 2.24) is 0 Å². The Bertz CT molecular complexity index is 78.4. The third kappa shape index (κ3) is 310. The van der Waals surface area contributed by atoms with Crippen molar-refractivity contribution >= 4 is 35.4 Å². The highest BCUT2D eigenvalue weighted by molar-refractivity contribution is 5.75. The van der Waals surface area contributed by atoms with Crippen molar-refractivity contribution in [3.8, 4) is 0 Å². The molecule has 8 heavy (non-hydrogen) atoms. The van der Waals surface area contributed by atoms with E-state index in [0.29, 0.717) is 0 Å². The van der Waals surface area contributed by atoms with E-state index < -0.39 is 6.16 Å². The van der Waals surface area contributed by atoms with Crippen LogP contribution in [0.5, 0.6) is 0 Å². The fraction of sp³-hybridized carbons (Fsp3) is 0. The highest BCUT2D eigenvalue weighted by Crippen LogP contribution is 1.42. The van der Waals surface area contributed by atoms with Crippen molar-refractivity contribution < 1.29 is 24.6 Å². The number of carbonyl (C=O) groups is 1. The Balaban J connectivity index is -0.0000000575. The van der Waals surface area contributed by atoms with Crippen LogP contribution < -0.4 is 0 Å². The molecule has 0 aliphatic heterocycles. The maximum absolute atomic E-state index is 8.56. The molecule has 0 amide bonds. The van der Waals surface area contributed by atoms with Crippen molar-refractivity contribution in [3.05, 3.63) is 0 Å². The zero-order valence-corrected chi connectivity index (χ0v) is 3.12. The second-order valence-corrected chi connectivity index (χ2v) is 0.366. The molecule has 0 radical (unpaired) electrons. The first kappa shape index (κ1) is 15.7. The van der Waals surface area contributed by atoms with Crippen LogP contribution >= 0.6 is 0 Å². The fourth-order valence-corrected chi connectivity index (χ4v) is 0. The van der Waals surface area contributed by atoms with Gasteiger partial charge in [-0.25, -0.2) is 4.79 Å². The van der Waals surface area contributed by atoms with E-state index in [-0.39, 0.29) is 29.2 Å². The quantitative estimate of drug-likeness (QED) is 0.401. The summed E-state index contributed by atoms with van der Waals surface area (Å²) in [6, 6.07) is 0. The Morgan fingerprint density at radius 3 is 1.25 bits per heavy atom. The minimum absolute atomic E-state index is 0. The van der Waals surface area contributed by atoms with Gasteiger partial charge in [0.15, 0.2) is 0 Å². The van der Waals surface area contributed by atoms with Gasteiger partial charge in [0.1, 0.15) is 0 Å². The molecular formula is C2H4MgO5. The highest BCUT2D eigenvalue weighted by Gasteiger charge is 1.70. The van der Waals surface area contributed by atoms with E-state index in [1.54, 1.807) is 0 Å². The zero-order valence-electron chi connectivity index (χ0n) is 3.12. The number of rotatable bonds is 0. The lowest BCUT2D eigenvalue weighted by Gasteiger charge is -1.60. The van der Waals surface area contributed by atoms with Gasteiger partial charge in [0.05, 0.1) is 0 Å². The Morgan fingerprint density at radius 2 is 1.25 bits per heavy atom. The predicted molar refractivity (Wildman–Crippen MR) is 24.2 cm³/mol. The maximum Gasteiger partial charge on any atom is 0.503 e. The summed E-state index contributed by atoms with van der Waals surface area (Å²) in [5.74, 6) is 0. The van der Waals surface area contributed by atoms with Crippen LogP contribution in [0.2, 0.25) is 0 Å². The molecule has 0 heterocycles. The first-order valence-corrected chi connectivity index (χ1v) is 1.06. The second kappa shape index (κ2) is 16.1. The third-order valence-electron chi connectivity index (χ3n) is 0. The Kier molecular flexibility index (Phi) is 31.6. The zero-order chi connectivity index (χ0) is 6.28. The number of carboxylic acid groups (broad SMARTS) is 2. The lowest BCUT2D eigenvalue weighted by Crippen LogP contribution is -1.81. The van der Waals surface area contributed by atoms with Crippen LogP contribution in [-0.4, -0.2) is 45.6 Å². The fourth-order valence-electron chi connectivity index (χ4n) is 0. The van der Waals surface area contributed by atoms with Crippen LogP contribution in [0, 0.1) is 0 Å². The lowest BCUT2D eigenvalue weighted by molar-refractivity contribution is -0.191. The summed E-state index contributed by atoms with van der Waals surface area (Å²) in [6.07, 6.45) is -1.58. The SMILES string of the molecule is O=C(O)O.O=C=O.[MgH2]. The van der Waals surface area contributed by atoms with Crippen molar-refractivity contribution in [2.75, 3.05) is 0 Å². The molecule has 0 aromatic carbocycles. The molecule has 0 atom stereocenters. The van der Waals surface area contributed by atoms with E-state index in [2.05, 4.69) is 0 Å². The number of hydrogen-bond donors (Lipinski definition) is 2. The van der Waals surface area contributed by atoms with Gasteiger partial charge in [-0.2, -0.15) is 9.59 Å². The van der Waals surface area contributed by atoms with Crippen molar-refractivity contribution in [3.63, 3.8) is 0 Å². The highest BCUT2D eigenvalue weighted by atomic mass is 24.3. The molecule has 0 saturated heterocycles. The van der Waals surface area contributed by atoms with E-state index in [9.17, 15) is 0 Å². The van der Waals surface area contributed by atoms with Crippen molar-refractivity contribution in [2.45, 2.75) is 0 Å². The summed E-state index contributed by atoms with van der Waals surface area (Å²) in [7, 11) is 0. The van der Waals surface area contributed by atoms with E-state index in [4.69, 9.17) is 24.6 Å². The van der Waals surface area contributed by atoms with Gasteiger partial charge < -0.3 is 10.2 Å². The van der Waals surface area contributed by atoms with Crippen LogP contribution in [0.1, 0.15) is 0 Å². The summed E-state index contributed by atoms with van der Waals surface area (Å²) in [5, 5.41) is 13.9. The Hall–Kier alpha value is -0.584. The first-order chi connectivity index (χ1) is 3.15. The third-order valence-corrected chi connectivity index (χ3v) is 0. The monoisotopic (exact) mass is 132 g/mol. The van der Waals surface area contributed by atoms with E-state index >= 15 is 0 Å². The van der Waals surface area contributed by atoms with Crippen LogP contribution in [-0.2, 0) is 9.59 Å². The molecule has 6 heteroatoms. The van der Waals surface area contributed by atoms with Gasteiger partial charge in [-0.15, -0.1) is 0 Å². The summed E-state index contributed by atoms with van der Waals surface area (Å²) in [6.45, 7) is 0. The molecule has 5 nitrogen and oxygen atoms in total. The van der Waals surface area contributed by atoms with Crippen LogP contribution in [0.4, 0.5) is 4.79 Å². The van der Waals surface area contributed by atoms with Gasteiger partial charge in [0.2, 0.25) is 0 Å². The van der Waals surface area contributed by atoms with Gasteiger partial charge in [0.25, 0.3) is 0 Å². The molecule has 0 rings (SSSR count). The van der Waals surface area contributed by atoms with Crippen LogP contribution in [0.25, 0.3) is 0 Å². The van der Waals surface area contributed by atoms with Crippen LogP contribution in [0.3, 0.4) is 0 Å². The number of hydrogen-bond acceptors (Lipinski definition) is 3. The molecule has 44 valence electrons. The van der Waals surface area contributed by atoms with E-state index in [1.807, 2.05) is 0 Å². The van der Waals surface area contributed by atoms with E-state index in [0.717, 1.165) is 0 Å². The molecule has 0 saturated carbocycles. The average Bonchev–Trinajstić information content (AvgIpc) is 1.33. The standard InChI is InChI=1S/CH2O3.CO2.Mg.2H/c2-1(3)4;2-1-3;;;/h(H2,2,3,4);;;;. The molecule has 0 aliphatic rings. The molecule has 0 aromatic rings. The minimum atomic E-state index is -1.83. The maximum atomic E-state index is 8.56. The van der Waals surface area contributed by atoms with Gasteiger partial charge in [-0.3, -0.25) is 0 Å². The Morgan fingerprint density at radius 1 is 1.25 bits per heavy atom. The van der Waals surface area contributed by atoms with Gasteiger partial charge >= 0.3 is 35.4 Å². The molecule has 0 aromatic heterocycles. The molecule has 0 spiro atoms. The molecule has 2 N–H and O–H groups in total. The van der Waals surface area contributed by atoms with Crippen molar-refractivity contribution in [1.29, 1.82) is 0 Å². The summed E-state index contributed by atoms with van der Waals surface area (Å²) >= 11 is 0. The van der Waals surface area contributed by atoms with Gasteiger partial charge in [-0.1, -0.05) is 0 Å².